The maximum absolute atomic E-state index is 10.3. The zero-order chi connectivity index (χ0) is 29.2. The van der Waals surface area contributed by atoms with E-state index in [1.807, 2.05) is 11.1 Å². The molecule has 0 bridgehead atoms. The summed E-state index contributed by atoms with van der Waals surface area (Å²) in [6.45, 7) is 15.2. The molecule has 3 aliphatic heterocycles. The number of hydrazine groups is 1. The van der Waals surface area contributed by atoms with Crippen molar-refractivity contribution in [3.8, 4) is 0 Å². The Morgan fingerprint density at radius 1 is 0.524 bits per heavy atom. The van der Waals surface area contributed by atoms with Gasteiger partial charge in [-0.2, -0.15) is 0 Å². The Kier molecular flexibility index (Phi) is 13.9. The van der Waals surface area contributed by atoms with Crippen molar-refractivity contribution < 1.29 is 0 Å². The lowest BCUT2D eigenvalue weighted by Crippen LogP contribution is -2.48. The third kappa shape index (κ3) is 12.0. The van der Waals surface area contributed by atoms with Crippen LogP contribution in [0.2, 0.25) is 0 Å². The molecule has 3 aliphatic rings. The fourth-order valence-corrected chi connectivity index (χ4v) is 5.29. The minimum Gasteiger partial charge on any atom is -0.314 e. The molecule has 226 valence electrons. The predicted molar refractivity (Wildman–Crippen MR) is 171 cm³/mol. The number of nitrogens with two attached hydrogens (primary N) is 1. The van der Waals surface area contributed by atoms with Crippen molar-refractivity contribution >= 4 is 0 Å². The lowest BCUT2D eigenvalue weighted by molar-refractivity contribution is 0.128. The van der Waals surface area contributed by atoms with Crippen molar-refractivity contribution in [2.24, 2.45) is 11.1 Å². The minimum absolute atomic E-state index is 0.746. The van der Waals surface area contributed by atoms with Crippen molar-refractivity contribution in [3.05, 3.63) is 113 Å². The topological polar surface area (TPSA) is 83.7 Å². The van der Waals surface area contributed by atoms with Gasteiger partial charge in [0.1, 0.15) is 0 Å². The van der Waals surface area contributed by atoms with Gasteiger partial charge in [0.2, 0.25) is 0 Å². The Balaban J connectivity index is 0.000000145. The molecule has 0 aliphatic carbocycles. The van der Waals surface area contributed by atoms with Gasteiger partial charge in [0.25, 0.3) is 0 Å². The molecule has 3 saturated heterocycles. The van der Waals surface area contributed by atoms with Gasteiger partial charge in [0, 0.05) is 85.1 Å². The van der Waals surface area contributed by atoms with Crippen LogP contribution in [0.3, 0.4) is 0 Å². The van der Waals surface area contributed by atoms with Gasteiger partial charge in [-0.05, 0) is 16.7 Å². The number of hydrogen-bond acceptors (Lipinski definition) is 8. The normalized spacial score (nSPS) is 18.7. The van der Waals surface area contributed by atoms with E-state index in [4.69, 9.17) is 5.84 Å². The van der Waals surface area contributed by atoms with Gasteiger partial charge in [0.05, 0.1) is 18.4 Å². The Bertz CT molecular complexity index is 1100. The molecule has 42 heavy (non-hydrogen) atoms. The van der Waals surface area contributed by atoms with Gasteiger partial charge < -0.3 is 5.32 Å². The van der Waals surface area contributed by atoms with E-state index in [-0.39, 0.29) is 0 Å². The molecule has 3 fully saturated rings. The van der Waals surface area contributed by atoms with Crippen LogP contribution in [0.5, 0.6) is 0 Å². The van der Waals surface area contributed by atoms with E-state index in [0.717, 1.165) is 85.1 Å². The second kappa shape index (κ2) is 18.4. The first-order valence-electron chi connectivity index (χ1n) is 15.3. The van der Waals surface area contributed by atoms with Crippen molar-refractivity contribution in [2.75, 3.05) is 78.5 Å². The molecule has 3 N–H and O–H groups in total. The monoisotopic (exact) mass is 572 g/mol. The largest absolute Gasteiger partial charge is 0.314 e. The van der Waals surface area contributed by atoms with Crippen LogP contribution in [0.25, 0.3) is 0 Å². The molecule has 3 heterocycles. The highest BCUT2D eigenvalue weighted by Crippen LogP contribution is 2.09. The Morgan fingerprint density at radius 3 is 1.26 bits per heavy atom. The third-order valence-electron chi connectivity index (χ3n) is 7.83. The molecule has 0 saturated carbocycles. The quantitative estimate of drug-likeness (QED) is 0.330. The number of benzene rings is 3. The summed E-state index contributed by atoms with van der Waals surface area (Å²) in [7, 11) is 0. The maximum atomic E-state index is 10.3. The van der Waals surface area contributed by atoms with Crippen LogP contribution >= 0.6 is 0 Å². The van der Waals surface area contributed by atoms with E-state index in [2.05, 4.69) is 110 Å². The van der Waals surface area contributed by atoms with Crippen molar-refractivity contribution in [1.82, 2.24) is 30.0 Å². The Morgan fingerprint density at radius 2 is 0.881 bits per heavy atom. The van der Waals surface area contributed by atoms with Crippen LogP contribution in [-0.2, 0) is 19.6 Å². The van der Waals surface area contributed by atoms with Crippen LogP contribution in [0.4, 0.5) is 0 Å². The number of piperazine rings is 3. The van der Waals surface area contributed by atoms with Crippen LogP contribution in [0.1, 0.15) is 16.7 Å². The highest BCUT2D eigenvalue weighted by atomic mass is 16.3. The number of rotatable bonds is 7. The number of nitrogens with one attached hydrogen (secondary N) is 1. The summed E-state index contributed by atoms with van der Waals surface area (Å²) in [5, 5.41) is 9.78. The first-order chi connectivity index (χ1) is 20.7. The summed E-state index contributed by atoms with van der Waals surface area (Å²) < 4.78 is 0. The summed E-state index contributed by atoms with van der Waals surface area (Å²) in [6.07, 6.45) is 0. The minimum atomic E-state index is 0.746. The third-order valence-corrected chi connectivity index (χ3v) is 7.83. The standard InChI is InChI=1S/C11H15N3O.C11H17N3.C11H16N2/c15-12-14-8-6-13(7-9-14)10-11-4-2-1-3-5-11;12-14-8-6-13(7-9-14)10-11-4-2-1-3-5-11;1-2-4-11(5-3-1)10-13-8-6-12-7-9-13/h1-5H,6-10H2;1-5H,6-10,12H2;1-5,12H,6-10H2. The van der Waals surface area contributed by atoms with Crippen molar-refractivity contribution in [3.63, 3.8) is 0 Å². The molecule has 0 unspecified atom stereocenters. The first-order valence-corrected chi connectivity index (χ1v) is 15.3. The smallest absolute Gasteiger partial charge is 0.0524 e. The highest BCUT2D eigenvalue weighted by molar-refractivity contribution is 5.16. The van der Waals surface area contributed by atoms with Gasteiger partial charge in [-0.1, -0.05) is 91.0 Å². The van der Waals surface area contributed by atoms with Crippen LogP contribution < -0.4 is 11.2 Å². The first kappa shape index (κ1) is 31.7. The zero-order valence-electron chi connectivity index (χ0n) is 24.9. The fourth-order valence-electron chi connectivity index (χ4n) is 5.29. The molecule has 9 nitrogen and oxygen atoms in total. The Labute approximate surface area is 251 Å². The van der Waals surface area contributed by atoms with E-state index in [9.17, 15) is 4.91 Å². The SMILES string of the molecule is NN1CCN(Cc2ccccc2)CC1.O=NN1CCN(Cc2ccccc2)CC1.c1ccc(CN2CCNCC2)cc1. The van der Waals surface area contributed by atoms with Crippen LogP contribution in [-0.4, -0.2) is 103 Å². The van der Waals surface area contributed by atoms with Gasteiger partial charge in [-0.15, -0.1) is 4.91 Å². The zero-order valence-corrected chi connectivity index (χ0v) is 24.9. The second-order valence-corrected chi connectivity index (χ2v) is 11.1. The molecular formula is C33H48N8O. The molecule has 3 aromatic carbocycles. The van der Waals surface area contributed by atoms with E-state index < -0.39 is 0 Å². The molecule has 0 amide bonds. The van der Waals surface area contributed by atoms with Crippen LogP contribution in [0.15, 0.2) is 96.3 Å². The lowest BCUT2D eigenvalue weighted by Gasteiger charge is -2.31. The average Bonchev–Trinajstić information content (AvgIpc) is 3.05. The van der Waals surface area contributed by atoms with Crippen LogP contribution in [0, 0.1) is 4.91 Å². The molecule has 9 heteroatoms. The molecule has 0 aromatic heterocycles. The predicted octanol–water partition coefficient (Wildman–Crippen LogP) is 3.26. The summed E-state index contributed by atoms with van der Waals surface area (Å²) in [6, 6.07) is 31.7. The van der Waals surface area contributed by atoms with E-state index in [1.54, 1.807) is 5.01 Å². The van der Waals surface area contributed by atoms with E-state index in [0.29, 0.717) is 0 Å². The van der Waals surface area contributed by atoms with Gasteiger partial charge in [0.15, 0.2) is 0 Å². The van der Waals surface area contributed by atoms with E-state index >= 15 is 0 Å². The second-order valence-electron chi connectivity index (χ2n) is 11.1. The number of hydrogen-bond donors (Lipinski definition) is 2. The summed E-state index contributed by atoms with van der Waals surface area (Å²) in [5.74, 6) is 5.70. The maximum Gasteiger partial charge on any atom is 0.0524 e. The lowest BCUT2D eigenvalue weighted by atomic mass is 10.2. The van der Waals surface area contributed by atoms with E-state index in [1.165, 1.54) is 29.8 Å². The summed E-state index contributed by atoms with van der Waals surface area (Å²) in [5.41, 5.74) is 4.13. The number of nitrogens with zero attached hydrogens (tertiary/aromatic N) is 6. The van der Waals surface area contributed by atoms with Crippen molar-refractivity contribution in [1.29, 1.82) is 0 Å². The summed E-state index contributed by atoms with van der Waals surface area (Å²) in [4.78, 5) is 17.6. The molecule has 0 atom stereocenters. The fraction of sp³-hybridized carbons (Fsp3) is 0.455. The van der Waals surface area contributed by atoms with Crippen molar-refractivity contribution in [2.45, 2.75) is 19.6 Å². The van der Waals surface area contributed by atoms with Gasteiger partial charge >= 0.3 is 0 Å². The molecule has 0 spiro atoms. The molecule has 6 rings (SSSR count). The molecule has 3 aromatic rings. The van der Waals surface area contributed by atoms with Gasteiger partial charge in [-0.3, -0.25) is 25.6 Å². The summed E-state index contributed by atoms with van der Waals surface area (Å²) >= 11 is 0. The molecular weight excluding hydrogens is 524 g/mol. The highest BCUT2D eigenvalue weighted by Gasteiger charge is 2.16. The average molecular weight is 573 g/mol. The number of nitroso groups, excluding NO2 is 1. The Hall–Kier alpha value is -3.18. The van der Waals surface area contributed by atoms with Gasteiger partial charge in [-0.25, -0.2) is 5.01 Å². The molecule has 0 radical (unpaired) electrons.